The normalized spacial score (nSPS) is 16.6. The first-order chi connectivity index (χ1) is 7.77. The third-order valence-electron chi connectivity index (χ3n) is 3.35. The van der Waals surface area contributed by atoms with Gasteiger partial charge in [0.25, 0.3) is 0 Å². The van der Waals surface area contributed by atoms with Crippen LogP contribution in [0.2, 0.25) is 0 Å². The van der Waals surface area contributed by atoms with E-state index in [0.717, 1.165) is 31.6 Å². The third kappa shape index (κ3) is 2.65. The molecule has 0 spiro atoms. The maximum absolute atomic E-state index is 12.0. The van der Waals surface area contributed by atoms with E-state index >= 15 is 0 Å². The summed E-state index contributed by atoms with van der Waals surface area (Å²) in [6.07, 6.45) is 7.05. The summed E-state index contributed by atoms with van der Waals surface area (Å²) in [6.45, 7) is 0.753. The molecule has 1 aliphatic carbocycles. The van der Waals surface area contributed by atoms with Crippen LogP contribution in [0.5, 0.6) is 0 Å². The van der Waals surface area contributed by atoms with Crippen LogP contribution in [0.1, 0.15) is 31.4 Å². The predicted molar refractivity (Wildman–Crippen MR) is 62.0 cm³/mol. The predicted octanol–water partition coefficient (Wildman–Crippen LogP) is 2.47. The topological polar surface area (TPSA) is 33.5 Å². The lowest BCUT2D eigenvalue weighted by Gasteiger charge is -2.20. The van der Waals surface area contributed by atoms with Crippen LogP contribution in [0.15, 0.2) is 22.8 Å². The van der Waals surface area contributed by atoms with Crippen molar-refractivity contribution in [3.05, 3.63) is 24.2 Å². The van der Waals surface area contributed by atoms with E-state index in [4.69, 9.17) is 4.42 Å². The second kappa shape index (κ2) is 5.19. The lowest BCUT2D eigenvalue weighted by Crippen LogP contribution is -2.33. The number of furan rings is 1. The fourth-order valence-electron chi connectivity index (χ4n) is 2.33. The molecule has 0 radical (unpaired) electrons. The molecule has 0 bridgehead atoms. The average molecular weight is 221 g/mol. The van der Waals surface area contributed by atoms with Gasteiger partial charge in [0.1, 0.15) is 5.76 Å². The maximum atomic E-state index is 12.0. The molecule has 16 heavy (non-hydrogen) atoms. The number of hydrogen-bond acceptors (Lipinski definition) is 2. The number of likely N-dealkylation sites (N-methyl/N-ethyl adjacent to an activating group) is 1. The quantitative estimate of drug-likeness (QED) is 0.782. The molecule has 0 N–H and O–H groups in total. The van der Waals surface area contributed by atoms with Crippen LogP contribution in [-0.4, -0.2) is 24.4 Å². The Balaban J connectivity index is 1.78. The van der Waals surface area contributed by atoms with Crippen molar-refractivity contribution in [2.45, 2.75) is 32.1 Å². The van der Waals surface area contributed by atoms with Gasteiger partial charge in [0.2, 0.25) is 5.91 Å². The third-order valence-corrected chi connectivity index (χ3v) is 3.35. The van der Waals surface area contributed by atoms with E-state index in [1.165, 1.54) is 12.8 Å². The van der Waals surface area contributed by atoms with Gasteiger partial charge in [-0.15, -0.1) is 0 Å². The molecule has 0 saturated heterocycles. The molecular weight excluding hydrogens is 202 g/mol. The highest BCUT2D eigenvalue weighted by atomic mass is 16.3. The van der Waals surface area contributed by atoms with E-state index in [0.29, 0.717) is 5.91 Å². The number of hydrogen-bond donors (Lipinski definition) is 0. The highest BCUT2D eigenvalue weighted by Gasteiger charge is 2.25. The van der Waals surface area contributed by atoms with Gasteiger partial charge in [-0.2, -0.15) is 0 Å². The Labute approximate surface area is 96.4 Å². The van der Waals surface area contributed by atoms with E-state index in [1.807, 2.05) is 24.1 Å². The fraction of sp³-hybridized carbons (Fsp3) is 0.615. The molecule has 1 aromatic rings. The van der Waals surface area contributed by atoms with E-state index in [1.54, 1.807) is 6.26 Å². The molecule has 88 valence electrons. The van der Waals surface area contributed by atoms with Crippen LogP contribution < -0.4 is 0 Å². The largest absolute Gasteiger partial charge is 0.469 e. The van der Waals surface area contributed by atoms with Gasteiger partial charge < -0.3 is 9.32 Å². The Kier molecular flexibility index (Phi) is 3.65. The van der Waals surface area contributed by atoms with Crippen molar-refractivity contribution in [2.75, 3.05) is 13.6 Å². The SMILES string of the molecule is CN(CCc1ccco1)C(=O)C1CCCC1. The molecule has 1 fully saturated rings. The van der Waals surface area contributed by atoms with Crippen LogP contribution in [0.4, 0.5) is 0 Å². The maximum Gasteiger partial charge on any atom is 0.225 e. The summed E-state index contributed by atoms with van der Waals surface area (Å²) >= 11 is 0. The second-order valence-electron chi connectivity index (χ2n) is 4.57. The summed E-state index contributed by atoms with van der Waals surface area (Å²) in [5.74, 6) is 1.54. The average Bonchev–Trinajstić information content (AvgIpc) is 2.96. The van der Waals surface area contributed by atoms with Crippen LogP contribution in [0.3, 0.4) is 0 Å². The van der Waals surface area contributed by atoms with Gasteiger partial charge in [-0.1, -0.05) is 12.8 Å². The van der Waals surface area contributed by atoms with Gasteiger partial charge in [0.15, 0.2) is 0 Å². The first-order valence-electron chi connectivity index (χ1n) is 6.05. The summed E-state index contributed by atoms with van der Waals surface area (Å²) in [7, 11) is 1.89. The Hall–Kier alpha value is -1.25. The Morgan fingerprint density at radius 1 is 1.50 bits per heavy atom. The van der Waals surface area contributed by atoms with Crippen LogP contribution in [0, 0.1) is 5.92 Å². The van der Waals surface area contributed by atoms with Crippen molar-refractivity contribution in [2.24, 2.45) is 5.92 Å². The molecule has 0 aliphatic heterocycles. The standard InChI is InChI=1S/C13H19NO2/c1-14(9-8-12-7-4-10-16-12)13(15)11-5-2-3-6-11/h4,7,10-11H,2-3,5-6,8-9H2,1H3. The van der Waals surface area contributed by atoms with Crippen molar-refractivity contribution < 1.29 is 9.21 Å². The number of carbonyl (C=O) groups excluding carboxylic acids is 1. The molecular formula is C13H19NO2. The van der Waals surface area contributed by atoms with E-state index in [-0.39, 0.29) is 5.92 Å². The first-order valence-corrected chi connectivity index (χ1v) is 6.05. The van der Waals surface area contributed by atoms with Gasteiger partial charge in [0.05, 0.1) is 6.26 Å². The lowest BCUT2D eigenvalue weighted by molar-refractivity contribution is -0.133. The lowest BCUT2D eigenvalue weighted by atomic mass is 10.1. The monoisotopic (exact) mass is 221 g/mol. The van der Waals surface area contributed by atoms with Crippen molar-refractivity contribution >= 4 is 5.91 Å². The van der Waals surface area contributed by atoms with Crippen LogP contribution in [-0.2, 0) is 11.2 Å². The summed E-state index contributed by atoms with van der Waals surface area (Å²) in [4.78, 5) is 13.8. The molecule has 3 heteroatoms. The summed E-state index contributed by atoms with van der Waals surface area (Å²) in [5.41, 5.74) is 0. The van der Waals surface area contributed by atoms with Crippen molar-refractivity contribution in [1.82, 2.24) is 4.90 Å². The van der Waals surface area contributed by atoms with Gasteiger partial charge in [0, 0.05) is 25.9 Å². The smallest absolute Gasteiger partial charge is 0.225 e. The second-order valence-corrected chi connectivity index (χ2v) is 4.57. The van der Waals surface area contributed by atoms with Gasteiger partial charge in [-0.05, 0) is 25.0 Å². The van der Waals surface area contributed by atoms with E-state index in [9.17, 15) is 4.79 Å². The summed E-state index contributed by atoms with van der Waals surface area (Å²) in [6, 6.07) is 3.84. The molecule has 0 atom stereocenters. The van der Waals surface area contributed by atoms with Gasteiger partial charge in [-0.3, -0.25) is 4.79 Å². The van der Waals surface area contributed by atoms with E-state index < -0.39 is 0 Å². The fourth-order valence-corrected chi connectivity index (χ4v) is 2.33. The number of carbonyl (C=O) groups is 1. The minimum Gasteiger partial charge on any atom is -0.469 e. The Morgan fingerprint density at radius 2 is 2.25 bits per heavy atom. The highest BCUT2D eigenvalue weighted by Crippen LogP contribution is 2.26. The molecule has 3 nitrogen and oxygen atoms in total. The molecule has 2 rings (SSSR count). The molecule has 1 saturated carbocycles. The molecule has 1 amide bonds. The number of rotatable bonds is 4. The van der Waals surface area contributed by atoms with Gasteiger partial charge >= 0.3 is 0 Å². The Bertz CT molecular complexity index is 326. The molecule has 0 aromatic carbocycles. The first kappa shape index (κ1) is 11.2. The number of amides is 1. The van der Waals surface area contributed by atoms with Crippen molar-refractivity contribution in [1.29, 1.82) is 0 Å². The zero-order chi connectivity index (χ0) is 11.4. The Morgan fingerprint density at radius 3 is 2.88 bits per heavy atom. The van der Waals surface area contributed by atoms with Crippen LogP contribution >= 0.6 is 0 Å². The van der Waals surface area contributed by atoms with Gasteiger partial charge in [-0.25, -0.2) is 0 Å². The van der Waals surface area contributed by atoms with Crippen molar-refractivity contribution in [3.8, 4) is 0 Å². The zero-order valence-corrected chi connectivity index (χ0v) is 9.82. The zero-order valence-electron chi connectivity index (χ0n) is 9.82. The number of nitrogens with zero attached hydrogens (tertiary/aromatic N) is 1. The van der Waals surface area contributed by atoms with E-state index in [2.05, 4.69) is 0 Å². The summed E-state index contributed by atoms with van der Waals surface area (Å²) < 4.78 is 5.25. The van der Waals surface area contributed by atoms with Crippen LogP contribution in [0.25, 0.3) is 0 Å². The highest BCUT2D eigenvalue weighted by molar-refractivity contribution is 5.78. The molecule has 1 aromatic heterocycles. The molecule has 0 unspecified atom stereocenters. The van der Waals surface area contributed by atoms with Crippen molar-refractivity contribution in [3.63, 3.8) is 0 Å². The molecule has 1 heterocycles. The molecule has 1 aliphatic rings. The summed E-state index contributed by atoms with van der Waals surface area (Å²) in [5, 5.41) is 0. The minimum absolute atomic E-state index is 0.279. The minimum atomic E-state index is 0.279.